The first-order chi connectivity index (χ1) is 14.0. The summed E-state index contributed by atoms with van der Waals surface area (Å²) in [7, 11) is 3.25. The second kappa shape index (κ2) is 9.60. The standard InChI is InChI=1S/C22H28FN3O3/c1-16(20-14-19(28-2)8-9-21(20)29-3)24-15-22(27)26-12-10-25(11-13-26)18-6-4-17(23)5-7-18/h4-9,14,16,24H,10-13,15H2,1-3H3. The summed E-state index contributed by atoms with van der Waals surface area (Å²) in [6.45, 7) is 5.01. The minimum atomic E-state index is -0.240. The number of methoxy groups -OCH3 is 2. The van der Waals surface area contributed by atoms with Gasteiger partial charge in [-0.05, 0) is 49.4 Å². The Kier molecular flexibility index (Phi) is 6.93. The van der Waals surface area contributed by atoms with Gasteiger partial charge in [0.2, 0.25) is 5.91 Å². The highest BCUT2D eigenvalue weighted by molar-refractivity contribution is 5.78. The van der Waals surface area contributed by atoms with Crippen molar-refractivity contribution >= 4 is 11.6 Å². The second-order valence-corrected chi connectivity index (χ2v) is 7.05. The first-order valence-electron chi connectivity index (χ1n) is 9.75. The first kappa shape index (κ1) is 20.9. The van der Waals surface area contributed by atoms with Gasteiger partial charge in [-0.2, -0.15) is 0 Å². The first-order valence-corrected chi connectivity index (χ1v) is 9.75. The molecular weight excluding hydrogens is 373 g/mol. The highest BCUT2D eigenvalue weighted by Crippen LogP contribution is 2.29. The predicted octanol–water partition coefficient (Wildman–Crippen LogP) is 2.84. The van der Waals surface area contributed by atoms with Crippen molar-refractivity contribution in [3.63, 3.8) is 0 Å². The average molecular weight is 401 g/mol. The minimum absolute atomic E-state index is 0.0653. The number of hydrogen-bond donors (Lipinski definition) is 1. The molecule has 1 heterocycles. The number of hydrogen-bond acceptors (Lipinski definition) is 5. The van der Waals surface area contributed by atoms with Crippen molar-refractivity contribution in [2.75, 3.05) is 51.8 Å². The van der Waals surface area contributed by atoms with E-state index in [9.17, 15) is 9.18 Å². The van der Waals surface area contributed by atoms with Crippen LogP contribution in [0.1, 0.15) is 18.5 Å². The Morgan fingerprint density at radius 3 is 2.38 bits per heavy atom. The molecule has 2 aromatic rings. The summed E-state index contributed by atoms with van der Waals surface area (Å²) >= 11 is 0. The van der Waals surface area contributed by atoms with Crippen LogP contribution in [0.3, 0.4) is 0 Å². The smallest absolute Gasteiger partial charge is 0.236 e. The van der Waals surface area contributed by atoms with Crippen LogP contribution in [0.25, 0.3) is 0 Å². The molecule has 1 N–H and O–H groups in total. The predicted molar refractivity (Wildman–Crippen MR) is 111 cm³/mol. The number of anilines is 1. The number of amides is 1. The van der Waals surface area contributed by atoms with Gasteiger partial charge in [-0.1, -0.05) is 0 Å². The number of benzene rings is 2. The lowest BCUT2D eigenvalue weighted by Gasteiger charge is -2.36. The van der Waals surface area contributed by atoms with Gasteiger partial charge in [0, 0.05) is 43.5 Å². The fourth-order valence-corrected chi connectivity index (χ4v) is 3.51. The van der Waals surface area contributed by atoms with Crippen LogP contribution in [-0.4, -0.2) is 57.8 Å². The largest absolute Gasteiger partial charge is 0.497 e. The van der Waals surface area contributed by atoms with Crippen molar-refractivity contribution in [2.24, 2.45) is 0 Å². The van der Waals surface area contributed by atoms with E-state index >= 15 is 0 Å². The van der Waals surface area contributed by atoms with Crippen LogP contribution in [0.4, 0.5) is 10.1 Å². The number of nitrogens with one attached hydrogen (secondary N) is 1. The molecule has 7 heteroatoms. The number of rotatable bonds is 7. The van der Waals surface area contributed by atoms with Gasteiger partial charge >= 0.3 is 0 Å². The molecule has 0 aliphatic carbocycles. The van der Waals surface area contributed by atoms with Gasteiger partial charge in [-0.25, -0.2) is 4.39 Å². The van der Waals surface area contributed by atoms with Crippen molar-refractivity contribution in [2.45, 2.75) is 13.0 Å². The third-order valence-electron chi connectivity index (χ3n) is 5.29. The normalized spacial score (nSPS) is 15.2. The molecule has 0 radical (unpaired) electrons. The van der Waals surface area contributed by atoms with Gasteiger partial charge in [0.15, 0.2) is 0 Å². The third kappa shape index (κ3) is 5.17. The van der Waals surface area contributed by atoms with E-state index in [0.717, 1.165) is 35.8 Å². The maximum Gasteiger partial charge on any atom is 0.236 e. The minimum Gasteiger partial charge on any atom is -0.497 e. The van der Waals surface area contributed by atoms with Crippen LogP contribution < -0.4 is 19.7 Å². The Labute approximate surface area is 171 Å². The molecule has 0 bridgehead atoms. The molecule has 0 saturated carbocycles. The monoisotopic (exact) mass is 401 g/mol. The molecular formula is C22H28FN3O3. The average Bonchev–Trinajstić information content (AvgIpc) is 2.77. The number of halogens is 1. The van der Waals surface area contributed by atoms with Gasteiger partial charge in [-0.3, -0.25) is 4.79 Å². The molecule has 1 saturated heterocycles. The van der Waals surface area contributed by atoms with E-state index in [2.05, 4.69) is 10.2 Å². The number of carbonyl (C=O) groups excluding carboxylic acids is 1. The van der Waals surface area contributed by atoms with Crippen LogP contribution >= 0.6 is 0 Å². The molecule has 1 fully saturated rings. The molecule has 6 nitrogen and oxygen atoms in total. The summed E-state index contributed by atoms with van der Waals surface area (Å²) in [6, 6.07) is 12.0. The molecule has 156 valence electrons. The lowest BCUT2D eigenvalue weighted by atomic mass is 10.1. The molecule has 1 unspecified atom stereocenters. The Morgan fingerprint density at radius 2 is 1.76 bits per heavy atom. The molecule has 1 amide bonds. The van der Waals surface area contributed by atoms with Gasteiger partial charge in [0.1, 0.15) is 17.3 Å². The van der Waals surface area contributed by atoms with E-state index in [1.54, 1.807) is 26.4 Å². The summed E-state index contributed by atoms with van der Waals surface area (Å²) in [6.07, 6.45) is 0. The van der Waals surface area contributed by atoms with Crippen molar-refractivity contribution in [3.8, 4) is 11.5 Å². The number of ether oxygens (including phenoxy) is 2. The molecule has 3 rings (SSSR count). The lowest BCUT2D eigenvalue weighted by molar-refractivity contribution is -0.130. The number of piperazine rings is 1. The van der Waals surface area contributed by atoms with E-state index in [4.69, 9.17) is 9.47 Å². The van der Waals surface area contributed by atoms with Crippen molar-refractivity contribution in [1.82, 2.24) is 10.2 Å². The second-order valence-electron chi connectivity index (χ2n) is 7.05. The Bertz CT molecular complexity index is 821. The summed E-state index contributed by atoms with van der Waals surface area (Å²) < 4.78 is 23.8. The summed E-state index contributed by atoms with van der Waals surface area (Å²) in [5.74, 6) is 1.33. The maximum absolute atomic E-state index is 13.1. The molecule has 1 aliphatic heterocycles. The fraction of sp³-hybridized carbons (Fsp3) is 0.409. The highest BCUT2D eigenvalue weighted by atomic mass is 19.1. The zero-order valence-electron chi connectivity index (χ0n) is 17.2. The van der Waals surface area contributed by atoms with Crippen LogP contribution in [0, 0.1) is 5.82 Å². The highest BCUT2D eigenvalue weighted by Gasteiger charge is 2.22. The Balaban J connectivity index is 1.52. The molecule has 2 aromatic carbocycles. The van der Waals surface area contributed by atoms with Gasteiger partial charge in [0.25, 0.3) is 0 Å². The summed E-state index contributed by atoms with van der Waals surface area (Å²) in [5, 5.41) is 3.29. The van der Waals surface area contributed by atoms with Crippen LogP contribution in [-0.2, 0) is 4.79 Å². The number of carbonyl (C=O) groups is 1. The quantitative estimate of drug-likeness (QED) is 0.773. The van der Waals surface area contributed by atoms with E-state index < -0.39 is 0 Å². The topological polar surface area (TPSA) is 54.0 Å². The molecule has 1 aliphatic rings. The zero-order valence-corrected chi connectivity index (χ0v) is 17.2. The van der Waals surface area contributed by atoms with E-state index in [-0.39, 0.29) is 24.3 Å². The Morgan fingerprint density at radius 1 is 1.07 bits per heavy atom. The summed E-state index contributed by atoms with van der Waals surface area (Å²) in [5.41, 5.74) is 1.93. The van der Waals surface area contributed by atoms with Crippen molar-refractivity contribution in [3.05, 3.63) is 53.8 Å². The van der Waals surface area contributed by atoms with Crippen LogP contribution in [0.2, 0.25) is 0 Å². The van der Waals surface area contributed by atoms with Gasteiger partial charge in [-0.15, -0.1) is 0 Å². The van der Waals surface area contributed by atoms with Crippen molar-refractivity contribution < 1.29 is 18.7 Å². The summed E-state index contributed by atoms with van der Waals surface area (Å²) in [4.78, 5) is 16.7. The number of nitrogens with zero attached hydrogens (tertiary/aromatic N) is 2. The van der Waals surface area contributed by atoms with E-state index in [1.807, 2.05) is 30.0 Å². The van der Waals surface area contributed by atoms with Gasteiger partial charge < -0.3 is 24.6 Å². The molecule has 0 aromatic heterocycles. The van der Waals surface area contributed by atoms with E-state index in [1.165, 1.54) is 12.1 Å². The third-order valence-corrected chi connectivity index (χ3v) is 5.29. The molecule has 0 spiro atoms. The van der Waals surface area contributed by atoms with Crippen LogP contribution in [0.15, 0.2) is 42.5 Å². The molecule has 29 heavy (non-hydrogen) atoms. The Hall–Kier alpha value is -2.80. The molecule has 1 atom stereocenters. The van der Waals surface area contributed by atoms with E-state index in [0.29, 0.717) is 13.1 Å². The lowest BCUT2D eigenvalue weighted by Crippen LogP contribution is -2.51. The van der Waals surface area contributed by atoms with Gasteiger partial charge in [0.05, 0.1) is 20.8 Å². The fourth-order valence-electron chi connectivity index (χ4n) is 3.51. The van der Waals surface area contributed by atoms with Crippen molar-refractivity contribution in [1.29, 1.82) is 0 Å². The SMILES string of the molecule is COc1ccc(OC)c(C(C)NCC(=O)N2CCN(c3ccc(F)cc3)CC2)c1. The van der Waals surface area contributed by atoms with Crippen LogP contribution in [0.5, 0.6) is 11.5 Å². The zero-order chi connectivity index (χ0) is 20.8. The maximum atomic E-state index is 13.1.